The number of amides is 1. The van der Waals surface area contributed by atoms with Crippen molar-refractivity contribution in [1.29, 1.82) is 0 Å². The van der Waals surface area contributed by atoms with Gasteiger partial charge in [-0.25, -0.2) is 0 Å². The van der Waals surface area contributed by atoms with Gasteiger partial charge in [0.1, 0.15) is 0 Å². The van der Waals surface area contributed by atoms with Gasteiger partial charge in [0, 0.05) is 26.0 Å². The van der Waals surface area contributed by atoms with Gasteiger partial charge in [0.25, 0.3) is 0 Å². The molecule has 0 saturated carbocycles. The van der Waals surface area contributed by atoms with E-state index in [2.05, 4.69) is 4.98 Å². The molecule has 1 rings (SSSR count). The summed E-state index contributed by atoms with van der Waals surface area (Å²) in [6.45, 7) is 2.71. The third kappa shape index (κ3) is 2.86. The molecule has 13 heavy (non-hydrogen) atoms. The molecule has 0 radical (unpaired) electrons. The van der Waals surface area contributed by atoms with Crippen LogP contribution in [-0.2, 0) is 11.2 Å². The summed E-state index contributed by atoms with van der Waals surface area (Å²) in [5.74, 6) is 0.135. The van der Waals surface area contributed by atoms with Crippen molar-refractivity contribution in [1.82, 2.24) is 9.88 Å². The molecule has 0 aliphatic carbocycles. The number of hydrogen-bond donors (Lipinski definition) is 0. The molecule has 1 heterocycles. The van der Waals surface area contributed by atoms with Crippen LogP contribution >= 0.6 is 0 Å². The maximum atomic E-state index is 11.4. The van der Waals surface area contributed by atoms with Gasteiger partial charge in [-0.05, 0) is 18.6 Å². The Hall–Kier alpha value is -1.38. The molecule has 0 fully saturated rings. The van der Waals surface area contributed by atoms with Crippen LogP contribution in [0.15, 0.2) is 24.5 Å². The minimum atomic E-state index is 0.135. The molecule has 0 saturated heterocycles. The number of aromatic nitrogens is 1. The van der Waals surface area contributed by atoms with Gasteiger partial charge in [0.2, 0.25) is 5.91 Å². The first-order chi connectivity index (χ1) is 6.24. The van der Waals surface area contributed by atoms with E-state index in [1.54, 1.807) is 24.3 Å². The molecule has 0 spiro atoms. The topological polar surface area (TPSA) is 33.2 Å². The zero-order chi connectivity index (χ0) is 9.68. The lowest BCUT2D eigenvalue weighted by atomic mass is 10.2. The molecule has 0 bridgehead atoms. The van der Waals surface area contributed by atoms with Crippen LogP contribution in [0, 0.1) is 0 Å². The van der Waals surface area contributed by atoms with E-state index in [4.69, 9.17) is 0 Å². The zero-order valence-corrected chi connectivity index (χ0v) is 8.03. The van der Waals surface area contributed by atoms with Gasteiger partial charge < -0.3 is 4.90 Å². The van der Waals surface area contributed by atoms with Crippen LogP contribution in [0.5, 0.6) is 0 Å². The highest BCUT2D eigenvalue weighted by Gasteiger charge is 2.06. The molecule has 0 atom stereocenters. The lowest BCUT2D eigenvalue weighted by molar-refractivity contribution is -0.128. The van der Waals surface area contributed by atoms with Gasteiger partial charge in [-0.3, -0.25) is 9.78 Å². The van der Waals surface area contributed by atoms with Gasteiger partial charge in [0.05, 0.1) is 6.42 Å². The Labute approximate surface area is 78.4 Å². The number of hydrogen-bond acceptors (Lipinski definition) is 2. The van der Waals surface area contributed by atoms with Crippen molar-refractivity contribution in [3.05, 3.63) is 30.1 Å². The highest BCUT2D eigenvalue weighted by atomic mass is 16.2. The summed E-state index contributed by atoms with van der Waals surface area (Å²) in [6, 6.07) is 3.75. The summed E-state index contributed by atoms with van der Waals surface area (Å²) >= 11 is 0. The quantitative estimate of drug-likeness (QED) is 0.694. The van der Waals surface area contributed by atoms with Gasteiger partial charge >= 0.3 is 0 Å². The molecule has 0 aliphatic heterocycles. The molecule has 1 aromatic heterocycles. The maximum absolute atomic E-state index is 11.4. The summed E-state index contributed by atoms with van der Waals surface area (Å²) in [4.78, 5) is 17.1. The molecule has 0 unspecified atom stereocenters. The highest BCUT2D eigenvalue weighted by molar-refractivity contribution is 5.78. The van der Waals surface area contributed by atoms with Crippen molar-refractivity contribution < 1.29 is 4.79 Å². The minimum absolute atomic E-state index is 0.135. The first-order valence-corrected chi connectivity index (χ1v) is 4.37. The molecular formula is C10H14N2O. The minimum Gasteiger partial charge on any atom is -0.346 e. The third-order valence-corrected chi connectivity index (χ3v) is 1.98. The number of carbonyl (C=O) groups is 1. The average Bonchev–Trinajstić information content (AvgIpc) is 2.18. The average molecular weight is 178 g/mol. The van der Waals surface area contributed by atoms with Crippen molar-refractivity contribution in [3.63, 3.8) is 0 Å². The van der Waals surface area contributed by atoms with E-state index in [1.807, 2.05) is 19.1 Å². The van der Waals surface area contributed by atoms with Crippen molar-refractivity contribution in [2.24, 2.45) is 0 Å². The van der Waals surface area contributed by atoms with Crippen LogP contribution in [0.3, 0.4) is 0 Å². The molecular weight excluding hydrogens is 164 g/mol. The Morgan fingerprint density at radius 2 is 2.38 bits per heavy atom. The zero-order valence-electron chi connectivity index (χ0n) is 8.03. The Kier molecular flexibility index (Phi) is 3.43. The Morgan fingerprint density at radius 3 is 2.92 bits per heavy atom. The molecule has 3 heteroatoms. The molecule has 0 aliphatic rings. The summed E-state index contributed by atoms with van der Waals surface area (Å²) in [7, 11) is 1.80. The molecule has 1 aromatic rings. The predicted molar refractivity (Wildman–Crippen MR) is 51.3 cm³/mol. The van der Waals surface area contributed by atoms with Crippen LogP contribution in [-0.4, -0.2) is 29.4 Å². The Balaban J connectivity index is 2.55. The fourth-order valence-corrected chi connectivity index (χ4v) is 0.989. The van der Waals surface area contributed by atoms with E-state index < -0.39 is 0 Å². The molecule has 1 amide bonds. The monoisotopic (exact) mass is 178 g/mol. The van der Waals surface area contributed by atoms with Gasteiger partial charge in [-0.1, -0.05) is 6.07 Å². The second-order valence-electron chi connectivity index (χ2n) is 2.95. The van der Waals surface area contributed by atoms with E-state index in [0.717, 1.165) is 12.1 Å². The van der Waals surface area contributed by atoms with E-state index >= 15 is 0 Å². The third-order valence-electron chi connectivity index (χ3n) is 1.98. The van der Waals surface area contributed by atoms with Crippen LogP contribution in [0.4, 0.5) is 0 Å². The van der Waals surface area contributed by atoms with E-state index in [-0.39, 0.29) is 5.91 Å². The molecule has 3 nitrogen and oxygen atoms in total. The van der Waals surface area contributed by atoms with Gasteiger partial charge in [0.15, 0.2) is 0 Å². The second-order valence-corrected chi connectivity index (χ2v) is 2.95. The largest absolute Gasteiger partial charge is 0.346 e. The Morgan fingerprint density at radius 1 is 1.62 bits per heavy atom. The summed E-state index contributed by atoms with van der Waals surface area (Å²) < 4.78 is 0. The number of likely N-dealkylation sites (N-methyl/N-ethyl adjacent to an activating group) is 1. The smallest absolute Gasteiger partial charge is 0.226 e. The fraction of sp³-hybridized carbons (Fsp3) is 0.400. The highest BCUT2D eigenvalue weighted by Crippen LogP contribution is 1.99. The normalized spacial score (nSPS) is 9.69. The number of pyridine rings is 1. The van der Waals surface area contributed by atoms with Crippen LogP contribution in [0.25, 0.3) is 0 Å². The van der Waals surface area contributed by atoms with Crippen LogP contribution in [0.2, 0.25) is 0 Å². The van der Waals surface area contributed by atoms with E-state index in [9.17, 15) is 4.79 Å². The first kappa shape index (κ1) is 9.71. The first-order valence-electron chi connectivity index (χ1n) is 4.37. The summed E-state index contributed by atoms with van der Waals surface area (Å²) in [5, 5.41) is 0. The molecule has 0 N–H and O–H groups in total. The summed E-state index contributed by atoms with van der Waals surface area (Å²) in [5.41, 5.74) is 0.966. The Bertz CT molecular complexity index is 272. The van der Waals surface area contributed by atoms with E-state index in [1.165, 1.54) is 0 Å². The summed E-state index contributed by atoms with van der Waals surface area (Å²) in [6.07, 6.45) is 3.87. The SMILES string of the molecule is CCN(C)C(=O)Cc1cccnc1. The molecule has 0 aromatic carbocycles. The van der Waals surface area contributed by atoms with Crippen molar-refractivity contribution in [2.45, 2.75) is 13.3 Å². The number of carbonyl (C=O) groups excluding carboxylic acids is 1. The lowest BCUT2D eigenvalue weighted by Crippen LogP contribution is -2.27. The fourth-order valence-electron chi connectivity index (χ4n) is 0.989. The van der Waals surface area contributed by atoms with E-state index in [0.29, 0.717) is 6.42 Å². The number of rotatable bonds is 3. The van der Waals surface area contributed by atoms with Gasteiger partial charge in [-0.2, -0.15) is 0 Å². The van der Waals surface area contributed by atoms with Crippen molar-refractivity contribution in [2.75, 3.05) is 13.6 Å². The standard InChI is InChI=1S/C10H14N2O/c1-3-12(2)10(13)7-9-5-4-6-11-8-9/h4-6,8H,3,7H2,1-2H3. The van der Waals surface area contributed by atoms with Crippen molar-refractivity contribution in [3.8, 4) is 0 Å². The molecule has 70 valence electrons. The van der Waals surface area contributed by atoms with Crippen molar-refractivity contribution >= 4 is 5.91 Å². The maximum Gasteiger partial charge on any atom is 0.226 e. The second kappa shape index (κ2) is 4.60. The lowest BCUT2D eigenvalue weighted by Gasteiger charge is -2.13. The van der Waals surface area contributed by atoms with Crippen LogP contribution < -0.4 is 0 Å². The van der Waals surface area contributed by atoms with Gasteiger partial charge in [-0.15, -0.1) is 0 Å². The predicted octanol–water partition coefficient (Wildman–Crippen LogP) is 1.10. The number of nitrogens with zero attached hydrogens (tertiary/aromatic N) is 2. The van der Waals surface area contributed by atoms with Crippen LogP contribution in [0.1, 0.15) is 12.5 Å².